The van der Waals surface area contributed by atoms with Gasteiger partial charge in [0.25, 0.3) is 0 Å². The number of carbonyl (C=O) groups is 2. The molecule has 2 unspecified atom stereocenters. The van der Waals surface area contributed by atoms with Crippen LogP contribution in [0.25, 0.3) is 0 Å². The summed E-state index contributed by atoms with van der Waals surface area (Å²) in [4.78, 5) is 24.7. The molecule has 0 aliphatic heterocycles. The standard InChI is InChI=1S/C15H28N2O3/c1-4-17(10-11(2)14(18)19)15(20)16-12(3)13-8-6-5-7-9-13/h11-13H,4-10H2,1-3H3,(H,16,20)(H,18,19). The normalized spacial score (nSPS) is 19.1. The van der Waals surface area contributed by atoms with Crippen LogP contribution in [-0.4, -0.2) is 41.1 Å². The summed E-state index contributed by atoms with van der Waals surface area (Å²) in [5.41, 5.74) is 0. The Kier molecular flexibility index (Phi) is 6.82. The van der Waals surface area contributed by atoms with E-state index in [-0.39, 0.29) is 18.6 Å². The molecule has 0 saturated heterocycles. The molecule has 0 aromatic carbocycles. The molecule has 5 heteroatoms. The van der Waals surface area contributed by atoms with Gasteiger partial charge in [-0.05, 0) is 32.6 Å². The lowest BCUT2D eigenvalue weighted by Gasteiger charge is -2.31. The van der Waals surface area contributed by atoms with Crippen molar-refractivity contribution in [2.75, 3.05) is 13.1 Å². The predicted molar refractivity (Wildman–Crippen MR) is 78.6 cm³/mol. The molecule has 1 fully saturated rings. The molecule has 0 aromatic rings. The molecule has 1 saturated carbocycles. The number of urea groups is 1. The van der Waals surface area contributed by atoms with E-state index in [4.69, 9.17) is 5.11 Å². The fourth-order valence-electron chi connectivity index (χ4n) is 2.80. The Bertz CT molecular complexity index is 327. The first-order chi connectivity index (χ1) is 9.45. The lowest BCUT2D eigenvalue weighted by molar-refractivity contribution is -0.141. The van der Waals surface area contributed by atoms with Crippen molar-refractivity contribution in [2.45, 2.75) is 58.9 Å². The van der Waals surface area contributed by atoms with Gasteiger partial charge in [-0.3, -0.25) is 4.79 Å². The minimum absolute atomic E-state index is 0.140. The van der Waals surface area contributed by atoms with Crippen molar-refractivity contribution in [3.8, 4) is 0 Å². The molecule has 0 bridgehead atoms. The fraction of sp³-hybridized carbons (Fsp3) is 0.867. The average Bonchev–Trinajstić information content (AvgIpc) is 2.44. The topological polar surface area (TPSA) is 69.6 Å². The molecule has 0 heterocycles. The van der Waals surface area contributed by atoms with Crippen LogP contribution in [0.3, 0.4) is 0 Å². The van der Waals surface area contributed by atoms with Crippen molar-refractivity contribution in [3.05, 3.63) is 0 Å². The van der Waals surface area contributed by atoms with Crippen LogP contribution in [0.5, 0.6) is 0 Å². The van der Waals surface area contributed by atoms with Crippen LogP contribution in [0.4, 0.5) is 4.79 Å². The van der Waals surface area contributed by atoms with Gasteiger partial charge < -0.3 is 15.3 Å². The zero-order valence-electron chi connectivity index (χ0n) is 12.9. The Labute approximate surface area is 121 Å². The van der Waals surface area contributed by atoms with E-state index in [1.165, 1.54) is 32.1 Å². The molecule has 0 spiro atoms. The number of nitrogens with zero attached hydrogens (tertiary/aromatic N) is 1. The van der Waals surface area contributed by atoms with Gasteiger partial charge in [-0.1, -0.05) is 26.2 Å². The molecule has 2 amide bonds. The highest BCUT2D eigenvalue weighted by Gasteiger charge is 2.24. The zero-order chi connectivity index (χ0) is 15.1. The number of nitrogens with one attached hydrogen (secondary N) is 1. The molecule has 0 radical (unpaired) electrons. The first-order valence-corrected chi connectivity index (χ1v) is 7.74. The quantitative estimate of drug-likeness (QED) is 0.788. The second kappa shape index (κ2) is 8.12. The first-order valence-electron chi connectivity index (χ1n) is 7.74. The zero-order valence-corrected chi connectivity index (χ0v) is 12.9. The average molecular weight is 284 g/mol. The van der Waals surface area contributed by atoms with Gasteiger partial charge in [0, 0.05) is 19.1 Å². The van der Waals surface area contributed by atoms with Gasteiger partial charge in [-0.2, -0.15) is 0 Å². The summed E-state index contributed by atoms with van der Waals surface area (Å²) in [6, 6.07) is 0.0238. The van der Waals surface area contributed by atoms with Gasteiger partial charge in [-0.15, -0.1) is 0 Å². The molecule has 5 nitrogen and oxygen atoms in total. The largest absolute Gasteiger partial charge is 0.481 e. The Morgan fingerprint density at radius 3 is 2.35 bits per heavy atom. The third-order valence-electron chi connectivity index (χ3n) is 4.29. The van der Waals surface area contributed by atoms with Crippen LogP contribution in [0.2, 0.25) is 0 Å². The molecule has 20 heavy (non-hydrogen) atoms. The summed E-state index contributed by atoms with van der Waals surface area (Å²) in [5.74, 6) is -0.842. The van der Waals surface area contributed by atoms with Crippen molar-refractivity contribution in [1.29, 1.82) is 0 Å². The smallest absolute Gasteiger partial charge is 0.317 e. The van der Waals surface area contributed by atoms with Crippen LogP contribution in [0.15, 0.2) is 0 Å². The first kappa shape index (κ1) is 16.8. The van der Waals surface area contributed by atoms with Crippen LogP contribution < -0.4 is 5.32 Å². The van der Waals surface area contributed by atoms with E-state index in [0.29, 0.717) is 12.5 Å². The van der Waals surface area contributed by atoms with E-state index in [2.05, 4.69) is 12.2 Å². The van der Waals surface area contributed by atoms with E-state index in [0.717, 1.165) is 0 Å². The van der Waals surface area contributed by atoms with Crippen molar-refractivity contribution >= 4 is 12.0 Å². The van der Waals surface area contributed by atoms with Crippen molar-refractivity contribution in [1.82, 2.24) is 10.2 Å². The van der Waals surface area contributed by atoms with Crippen molar-refractivity contribution in [3.63, 3.8) is 0 Å². The molecular formula is C15H28N2O3. The number of amides is 2. The van der Waals surface area contributed by atoms with Gasteiger partial charge in [-0.25, -0.2) is 4.79 Å². The Morgan fingerprint density at radius 1 is 1.25 bits per heavy atom. The highest BCUT2D eigenvalue weighted by molar-refractivity contribution is 5.76. The van der Waals surface area contributed by atoms with Crippen LogP contribution in [0, 0.1) is 11.8 Å². The molecular weight excluding hydrogens is 256 g/mol. The van der Waals surface area contributed by atoms with E-state index >= 15 is 0 Å². The molecule has 2 N–H and O–H groups in total. The molecule has 1 aliphatic rings. The van der Waals surface area contributed by atoms with Crippen LogP contribution in [-0.2, 0) is 4.79 Å². The Hall–Kier alpha value is -1.26. The van der Waals surface area contributed by atoms with Crippen LogP contribution in [0.1, 0.15) is 52.9 Å². The number of rotatable bonds is 6. The van der Waals surface area contributed by atoms with E-state index in [1.807, 2.05) is 6.92 Å². The maximum absolute atomic E-state index is 12.2. The molecule has 1 aliphatic carbocycles. The lowest BCUT2D eigenvalue weighted by atomic mass is 9.84. The number of carboxylic acids is 1. The van der Waals surface area contributed by atoms with Crippen molar-refractivity contribution < 1.29 is 14.7 Å². The predicted octanol–water partition coefficient (Wildman–Crippen LogP) is 2.71. The number of carboxylic acid groups (broad SMARTS) is 1. The van der Waals surface area contributed by atoms with Crippen LogP contribution >= 0.6 is 0 Å². The Morgan fingerprint density at radius 2 is 1.85 bits per heavy atom. The van der Waals surface area contributed by atoms with Gasteiger partial charge in [0.05, 0.1) is 5.92 Å². The summed E-state index contributed by atoms with van der Waals surface area (Å²) in [6.07, 6.45) is 6.16. The van der Waals surface area contributed by atoms with Crippen molar-refractivity contribution in [2.24, 2.45) is 11.8 Å². The monoisotopic (exact) mass is 284 g/mol. The number of hydrogen-bond acceptors (Lipinski definition) is 2. The van der Waals surface area contributed by atoms with Gasteiger partial charge in [0.1, 0.15) is 0 Å². The third kappa shape index (κ3) is 5.02. The maximum atomic E-state index is 12.2. The molecule has 1 rings (SSSR count). The summed E-state index contributed by atoms with van der Waals surface area (Å²) >= 11 is 0. The fourth-order valence-corrected chi connectivity index (χ4v) is 2.80. The number of aliphatic carboxylic acids is 1. The molecule has 0 aromatic heterocycles. The third-order valence-corrected chi connectivity index (χ3v) is 4.29. The summed E-state index contributed by atoms with van der Waals surface area (Å²) < 4.78 is 0. The summed E-state index contributed by atoms with van der Waals surface area (Å²) in [7, 11) is 0. The molecule has 2 atom stereocenters. The molecule has 116 valence electrons. The number of carbonyl (C=O) groups excluding carboxylic acids is 1. The second-order valence-electron chi connectivity index (χ2n) is 5.91. The Balaban J connectivity index is 2.47. The van der Waals surface area contributed by atoms with E-state index < -0.39 is 11.9 Å². The minimum Gasteiger partial charge on any atom is -0.481 e. The highest BCUT2D eigenvalue weighted by atomic mass is 16.4. The lowest BCUT2D eigenvalue weighted by Crippen LogP contribution is -2.48. The SMILES string of the molecule is CCN(CC(C)C(=O)O)C(=O)NC(C)C1CCCCC1. The minimum atomic E-state index is -0.864. The second-order valence-corrected chi connectivity index (χ2v) is 5.91. The van der Waals surface area contributed by atoms with E-state index in [1.54, 1.807) is 11.8 Å². The van der Waals surface area contributed by atoms with Gasteiger partial charge in [0.15, 0.2) is 0 Å². The summed E-state index contributed by atoms with van der Waals surface area (Å²) in [5, 5.41) is 12.0. The van der Waals surface area contributed by atoms with Gasteiger partial charge >= 0.3 is 12.0 Å². The highest BCUT2D eigenvalue weighted by Crippen LogP contribution is 2.26. The summed E-state index contributed by atoms with van der Waals surface area (Å²) in [6.45, 7) is 6.35. The maximum Gasteiger partial charge on any atom is 0.317 e. The van der Waals surface area contributed by atoms with Gasteiger partial charge in [0.2, 0.25) is 0 Å². The van der Waals surface area contributed by atoms with E-state index in [9.17, 15) is 9.59 Å². The number of hydrogen-bond donors (Lipinski definition) is 2.